The van der Waals surface area contributed by atoms with Gasteiger partial charge < -0.3 is 20.4 Å². The zero-order valence-corrected chi connectivity index (χ0v) is 22.4. The molecule has 3 aromatic rings. The van der Waals surface area contributed by atoms with Crippen molar-refractivity contribution in [1.82, 2.24) is 14.8 Å². The molecule has 12 heteroatoms. The highest BCUT2D eigenvalue weighted by molar-refractivity contribution is 7.99. The first-order valence-electron chi connectivity index (χ1n) is 11.2. The fourth-order valence-electron chi connectivity index (χ4n) is 4.00. The first kappa shape index (κ1) is 25.4. The molecule has 1 aliphatic rings. The Balaban J connectivity index is 1.48. The van der Waals surface area contributed by atoms with E-state index in [1.165, 1.54) is 35.0 Å². The molecule has 9 nitrogen and oxygen atoms in total. The molecule has 3 N–H and O–H groups in total. The van der Waals surface area contributed by atoms with E-state index < -0.39 is 11.9 Å². The number of fused-ring (bicyclic) bond motifs is 1. The Hall–Kier alpha value is -2.70. The molecule has 0 saturated carbocycles. The second-order valence-corrected chi connectivity index (χ2v) is 11.5. The Morgan fingerprint density at radius 1 is 1.26 bits per heavy atom. The van der Waals surface area contributed by atoms with Gasteiger partial charge in [0.25, 0.3) is 5.91 Å². The Kier molecular flexibility index (Phi) is 7.62. The number of nitrogens with one attached hydrogen (secondary N) is 1. The number of aromatic nitrogens is 3. The van der Waals surface area contributed by atoms with Gasteiger partial charge in [-0.1, -0.05) is 11.8 Å². The molecule has 0 spiro atoms. The van der Waals surface area contributed by atoms with Crippen molar-refractivity contribution in [2.45, 2.75) is 57.7 Å². The molecule has 0 bridgehead atoms. The van der Waals surface area contributed by atoms with Crippen LogP contribution in [0.3, 0.4) is 0 Å². The lowest BCUT2D eigenvalue weighted by Gasteiger charge is -2.12. The van der Waals surface area contributed by atoms with Crippen LogP contribution in [0.1, 0.15) is 62.7 Å². The summed E-state index contributed by atoms with van der Waals surface area (Å²) in [5.74, 6) is -0.770. The average Bonchev–Trinajstić information content (AvgIpc) is 3.47. The van der Waals surface area contributed by atoms with E-state index in [2.05, 4.69) is 20.9 Å². The molecular weight excluding hydrogens is 506 g/mol. The van der Waals surface area contributed by atoms with Gasteiger partial charge in [0, 0.05) is 22.9 Å². The van der Waals surface area contributed by atoms with E-state index in [4.69, 9.17) is 10.5 Å². The van der Waals surface area contributed by atoms with Crippen LogP contribution in [0.4, 0.5) is 5.00 Å². The number of thiophene rings is 2. The van der Waals surface area contributed by atoms with Gasteiger partial charge in [0.15, 0.2) is 11.0 Å². The third-order valence-corrected chi connectivity index (χ3v) is 8.97. The number of aryl methyl sites for hydroxylation is 1. The number of hydrogen-bond acceptors (Lipinski definition) is 9. The van der Waals surface area contributed by atoms with Gasteiger partial charge in [-0.2, -0.15) is 0 Å². The molecule has 3 aromatic heterocycles. The van der Waals surface area contributed by atoms with E-state index in [0.717, 1.165) is 35.6 Å². The Morgan fingerprint density at radius 2 is 2.00 bits per heavy atom. The van der Waals surface area contributed by atoms with E-state index >= 15 is 0 Å². The SMILES string of the molecule is Cc1c(C(N)=O)sc(NC(=O)CSc2nnc(-c3csc4c3CCCC4)n2C)c1C(=O)OC(C)C. The third kappa shape index (κ3) is 5.29. The number of nitrogens with two attached hydrogens (primary N) is 1. The molecule has 0 aromatic carbocycles. The number of rotatable bonds is 8. The molecule has 0 aliphatic heterocycles. The van der Waals surface area contributed by atoms with Gasteiger partial charge in [0.2, 0.25) is 5.91 Å². The van der Waals surface area contributed by atoms with Crippen molar-refractivity contribution in [3.63, 3.8) is 0 Å². The summed E-state index contributed by atoms with van der Waals surface area (Å²) in [5, 5.41) is 14.4. The van der Waals surface area contributed by atoms with Crippen LogP contribution < -0.4 is 11.1 Å². The topological polar surface area (TPSA) is 129 Å². The van der Waals surface area contributed by atoms with Crippen LogP contribution in [0.2, 0.25) is 0 Å². The van der Waals surface area contributed by atoms with Crippen molar-refractivity contribution in [2.24, 2.45) is 12.8 Å². The van der Waals surface area contributed by atoms with Crippen LogP contribution in [0, 0.1) is 6.92 Å². The molecule has 0 radical (unpaired) electrons. The second-order valence-electron chi connectivity index (χ2n) is 8.54. The number of thioether (sulfide) groups is 1. The largest absolute Gasteiger partial charge is 0.459 e. The predicted molar refractivity (Wildman–Crippen MR) is 138 cm³/mol. The molecule has 4 rings (SSSR count). The van der Waals surface area contributed by atoms with E-state index in [9.17, 15) is 14.4 Å². The maximum absolute atomic E-state index is 12.8. The highest BCUT2D eigenvalue weighted by Crippen LogP contribution is 2.37. The van der Waals surface area contributed by atoms with Crippen LogP contribution in [0.15, 0.2) is 10.5 Å². The van der Waals surface area contributed by atoms with Crippen LogP contribution in [0.25, 0.3) is 11.4 Å². The van der Waals surface area contributed by atoms with E-state index in [-0.39, 0.29) is 33.2 Å². The number of carbonyl (C=O) groups excluding carboxylic acids is 3. The molecule has 2 amide bonds. The van der Waals surface area contributed by atoms with Crippen molar-refractivity contribution in [2.75, 3.05) is 11.1 Å². The minimum Gasteiger partial charge on any atom is -0.459 e. The highest BCUT2D eigenvalue weighted by Gasteiger charge is 2.27. The van der Waals surface area contributed by atoms with Crippen molar-refractivity contribution in [1.29, 1.82) is 0 Å². The molecule has 0 unspecified atom stereocenters. The zero-order valence-electron chi connectivity index (χ0n) is 20.0. The summed E-state index contributed by atoms with van der Waals surface area (Å²) < 4.78 is 7.20. The monoisotopic (exact) mass is 533 g/mol. The lowest BCUT2D eigenvalue weighted by molar-refractivity contribution is -0.113. The van der Waals surface area contributed by atoms with E-state index in [1.807, 2.05) is 11.6 Å². The summed E-state index contributed by atoms with van der Waals surface area (Å²) in [4.78, 5) is 38.8. The van der Waals surface area contributed by atoms with Gasteiger partial charge in [-0.15, -0.1) is 32.9 Å². The maximum Gasteiger partial charge on any atom is 0.341 e. The lowest BCUT2D eigenvalue weighted by Crippen LogP contribution is -2.18. The third-order valence-electron chi connectivity index (χ3n) is 5.64. The fourth-order valence-corrected chi connectivity index (χ4v) is 6.90. The minimum absolute atomic E-state index is 0.0508. The number of hydrogen-bond donors (Lipinski definition) is 2. The first-order valence-corrected chi connectivity index (χ1v) is 13.9. The van der Waals surface area contributed by atoms with Gasteiger partial charge in [-0.25, -0.2) is 4.79 Å². The number of primary amides is 1. The van der Waals surface area contributed by atoms with Crippen LogP contribution >= 0.6 is 34.4 Å². The number of esters is 1. The summed E-state index contributed by atoms with van der Waals surface area (Å²) in [6, 6.07) is 0. The zero-order chi connectivity index (χ0) is 25.3. The van der Waals surface area contributed by atoms with Crippen LogP contribution in [-0.2, 0) is 29.4 Å². The van der Waals surface area contributed by atoms with Gasteiger partial charge >= 0.3 is 5.97 Å². The highest BCUT2D eigenvalue weighted by atomic mass is 32.2. The quantitative estimate of drug-likeness (QED) is 0.328. The molecule has 35 heavy (non-hydrogen) atoms. The first-order chi connectivity index (χ1) is 16.7. The number of amides is 2. The van der Waals surface area contributed by atoms with Crippen LogP contribution in [-0.4, -0.2) is 44.4 Å². The van der Waals surface area contributed by atoms with Gasteiger partial charge in [-0.3, -0.25) is 9.59 Å². The minimum atomic E-state index is -0.664. The lowest BCUT2D eigenvalue weighted by atomic mass is 9.96. The summed E-state index contributed by atoms with van der Waals surface area (Å²) in [5.41, 5.74) is 8.49. The van der Waals surface area contributed by atoms with Crippen LogP contribution in [0.5, 0.6) is 0 Å². The Morgan fingerprint density at radius 3 is 2.71 bits per heavy atom. The maximum atomic E-state index is 12.8. The summed E-state index contributed by atoms with van der Waals surface area (Å²) in [7, 11) is 1.89. The Bertz CT molecular complexity index is 1290. The van der Waals surface area contributed by atoms with Crippen molar-refractivity contribution in [3.05, 3.63) is 31.8 Å². The summed E-state index contributed by atoms with van der Waals surface area (Å²) in [6.45, 7) is 5.07. The Labute approximate surface area is 215 Å². The van der Waals surface area contributed by atoms with Crippen molar-refractivity contribution in [3.8, 4) is 11.4 Å². The standard InChI is InChI=1S/C23H27N5O4S3/c1-11(2)32-22(31)17-12(3)18(19(24)30)35-21(17)25-16(29)10-34-23-27-26-20(28(23)4)14-9-33-15-8-6-5-7-13(14)15/h9,11H,5-8,10H2,1-4H3,(H2,24,30)(H,25,29). The molecule has 0 fully saturated rings. The number of carbonyl (C=O) groups is 3. The normalized spacial score (nSPS) is 13.1. The summed E-state index contributed by atoms with van der Waals surface area (Å²) >= 11 is 3.99. The van der Waals surface area contributed by atoms with Crippen molar-refractivity contribution >= 4 is 57.2 Å². The molecular formula is C23H27N5O4S3. The summed E-state index contributed by atoms with van der Waals surface area (Å²) in [6.07, 6.45) is 4.23. The number of ether oxygens (including phenoxy) is 1. The van der Waals surface area contributed by atoms with Gasteiger partial charge in [-0.05, 0) is 57.6 Å². The van der Waals surface area contributed by atoms with Crippen molar-refractivity contribution < 1.29 is 19.1 Å². The smallest absolute Gasteiger partial charge is 0.341 e. The molecule has 0 atom stereocenters. The van der Waals surface area contributed by atoms with Gasteiger partial charge in [0.1, 0.15) is 5.00 Å². The molecule has 0 saturated heterocycles. The molecule has 186 valence electrons. The fraction of sp³-hybridized carbons (Fsp3) is 0.435. The van der Waals surface area contributed by atoms with E-state index in [0.29, 0.717) is 10.7 Å². The molecule has 3 heterocycles. The molecule has 1 aliphatic carbocycles. The number of anilines is 1. The average molecular weight is 534 g/mol. The predicted octanol–water partition coefficient (Wildman–Crippen LogP) is 4.19. The second kappa shape index (κ2) is 10.5. The number of nitrogens with zero attached hydrogens (tertiary/aromatic N) is 3. The van der Waals surface area contributed by atoms with E-state index in [1.54, 1.807) is 32.1 Å². The van der Waals surface area contributed by atoms with Gasteiger partial charge in [0.05, 0.1) is 22.3 Å².